The molecule has 3 aromatic rings. The number of hydrogen-bond acceptors (Lipinski definition) is 2. The van der Waals surface area contributed by atoms with E-state index >= 15 is 0 Å². The van der Waals surface area contributed by atoms with E-state index in [4.69, 9.17) is 4.98 Å². The molecular formula is C21H18N2. The quantitative estimate of drug-likeness (QED) is 0.659. The maximum Gasteiger partial charge on any atom is 0.160 e. The molecule has 0 fully saturated rings. The fraction of sp³-hybridized carbons (Fsp3) is 0.143. The number of nitrogens with zero attached hydrogens (tertiary/aromatic N) is 2. The van der Waals surface area contributed by atoms with E-state index < -0.39 is 0 Å². The molecule has 0 atom stereocenters. The first kappa shape index (κ1) is 13.9. The summed E-state index contributed by atoms with van der Waals surface area (Å²) < 4.78 is 0. The molecule has 0 unspecified atom stereocenters. The second-order valence-corrected chi connectivity index (χ2v) is 5.90. The lowest BCUT2D eigenvalue weighted by Crippen LogP contribution is -2.00. The molecule has 2 heteroatoms. The number of aromatic nitrogens is 2. The molecule has 1 heterocycles. The monoisotopic (exact) mass is 298 g/mol. The Kier molecular flexibility index (Phi) is 3.51. The highest BCUT2D eigenvalue weighted by molar-refractivity contribution is 5.73. The molecular weight excluding hydrogens is 280 g/mol. The Morgan fingerprint density at radius 2 is 1.78 bits per heavy atom. The third-order valence-corrected chi connectivity index (χ3v) is 4.23. The van der Waals surface area contributed by atoms with Gasteiger partial charge in [-0.2, -0.15) is 0 Å². The summed E-state index contributed by atoms with van der Waals surface area (Å²) in [6.07, 6.45) is 6.63. The Bertz CT molecular complexity index is 880. The largest absolute Gasteiger partial charge is 0.233 e. The Morgan fingerprint density at radius 3 is 2.65 bits per heavy atom. The van der Waals surface area contributed by atoms with Crippen LogP contribution < -0.4 is 0 Å². The maximum atomic E-state index is 4.85. The Hall–Kier alpha value is -2.74. The molecule has 0 aliphatic heterocycles. The Labute approximate surface area is 136 Å². The van der Waals surface area contributed by atoms with Gasteiger partial charge in [-0.3, -0.25) is 0 Å². The van der Waals surface area contributed by atoms with Crippen LogP contribution in [0, 0.1) is 6.92 Å². The highest BCUT2D eigenvalue weighted by Crippen LogP contribution is 2.31. The average molecular weight is 298 g/mol. The topological polar surface area (TPSA) is 25.8 Å². The lowest BCUT2D eigenvalue weighted by molar-refractivity contribution is 0.984. The van der Waals surface area contributed by atoms with Crippen molar-refractivity contribution < 1.29 is 0 Å². The van der Waals surface area contributed by atoms with E-state index in [9.17, 15) is 0 Å². The highest BCUT2D eigenvalue weighted by atomic mass is 14.9. The van der Waals surface area contributed by atoms with Crippen LogP contribution >= 0.6 is 0 Å². The van der Waals surface area contributed by atoms with Gasteiger partial charge in [0.05, 0.1) is 5.69 Å². The van der Waals surface area contributed by atoms with Gasteiger partial charge in [-0.25, -0.2) is 9.97 Å². The third-order valence-electron chi connectivity index (χ3n) is 4.23. The van der Waals surface area contributed by atoms with E-state index in [1.165, 1.54) is 16.7 Å². The number of fused-ring (bicyclic) bond motifs is 1. The zero-order valence-electron chi connectivity index (χ0n) is 13.2. The van der Waals surface area contributed by atoms with Crippen molar-refractivity contribution in [3.05, 3.63) is 77.5 Å². The SMILES string of the molecule is Cc1cc(-c2cccc3c2CCC=C3)nc(-c2ccccc2)n1. The summed E-state index contributed by atoms with van der Waals surface area (Å²) in [5.41, 5.74) is 7.01. The lowest BCUT2D eigenvalue weighted by atomic mass is 9.91. The van der Waals surface area contributed by atoms with Crippen LogP contribution in [0.25, 0.3) is 28.7 Å². The molecule has 0 spiro atoms. The van der Waals surface area contributed by atoms with Gasteiger partial charge in [-0.15, -0.1) is 0 Å². The van der Waals surface area contributed by atoms with E-state index in [2.05, 4.69) is 53.5 Å². The Morgan fingerprint density at radius 1 is 0.913 bits per heavy atom. The smallest absolute Gasteiger partial charge is 0.160 e. The molecule has 112 valence electrons. The summed E-state index contributed by atoms with van der Waals surface area (Å²) in [7, 11) is 0. The first-order valence-corrected chi connectivity index (χ1v) is 8.01. The lowest BCUT2D eigenvalue weighted by Gasteiger charge is -2.16. The second-order valence-electron chi connectivity index (χ2n) is 5.90. The van der Waals surface area contributed by atoms with E-state index in [0.29, 0.717) is 0 Å². The fourth-order valence-corrected chi connectivity index (χ4v) is 3.14. The summed E-state index contributed by atoms with van der Waals surface area (Å²) in [5.74, 6) is 0.796. The summed E-state index contributed by atoms with van der Waals surface area (Å²) in [4.78, 5) is 9.46. The van der Waals surface area contributed by atoms with Crippen molar-refractivity contribution in [1.82, 2.24) is 9.97 Å². The number of rotatable bonds is 2. The molecule has 2 nitrogen and oxygen atoms in total. The number of allylic oxidation sites excluding steroid dienone is 1. The van der Waals surface area contributed by atoms with E-state index in [0.717, 1.165) is 35.6 Å². The molecule has 2 aromatic carbocycles. The molecule has 1 aromatic heterocycles. The zero-order chi connectivity index (χ0) is 15.6. The van der Waals surface area contributed by atoms with Crippen molar-refractivity contribution in [3.8, 4) is 22.6 Å². The van der Waals surface area contributed by atoms with Crippen molar-refractivity contribution in [2.75, 3.05) is 0 Å². The first-order chi connectivity index (χ1) is 11.3. The zero-order valence-corrected chi connectivity index (χ0v) is 13.2. The number of benzene rings is 2. The van der Waals surface area contributed by atoms with E-state index in [-0.39, 0.29) is 0 Å². The van der Waals surface area contributed by atoms with Gasteiger partial charge in [0.15, 0.2) is 5.82 Å². The third kappa shape index (κ3) is 2.68. The number of hydrogen-bond donors (Lipinski definition) is 0. The van der Waals surface area contributed by atoms with Crippen molar-refractivity contribution in [3.63, 3.8) is 0 Å². The van der Waals surface area contributed by atoms with Gasteiger partial charge in [0.2, 0.25) is 0 Å². The second kappa shape index (κ2) is 5.81. The van der Waals surface area contributed by atoms with Crippen molar-refractivity contribution in [2.45, 2.75) is 19.8 Å². The van der Waals surface area contributed by atoms with Gasteiger partial charge in [-0.1, -0.05) is 60.7 Å². The summed E-state index contributed by atoms with van der Waals surface area (Å²) in [6, 6.07) is 18.7. The summed E-state index contributed by atoms with van der Waals surface area (Å²) in [6.45, 7) is 2.03. The van der Waals surface area contributed by atoms with Gasteiger partial charge in [0, 0.05) is 16.8 Å². The minimum absolute atomic E-state index is 0.796. The van der Waals surface area contributed by atoms with Crippen LogP contribution in [0.1, 0.15) is 23.2 Å². The highest BCUT2D eigenvalue weighted by Gasteiger charge is 2.13. The average Bonchev–Trinajstić information content (AvgIpc) is 2.61. The molecule has 1 aliphatic rings. The normalized spacial score (nSPS) is 12.9. The predicted octanol–water partition coefficient (Wildman–Crippen LogP) is 5.08. The molecule has 23 heavy (non-hydrogen) atoms. The number of aryl methyl sites for hydroxylation is 1. The molecule has 0 N–H and O–H groups in total. The van der Waals surface area contributed by atoms with Gasteiger partial charge < -0.3 is 0 Å². The molecule has 0 radical (unpaired) electrons. The predicted molar refractivity (Wildman–Crippen MR) is 95.0 cm³/mol. The van der Waals surface area contributed by atoms with Crippen LogP contribution in [-0.4, -0.2) is 9.97 Å². The fourth-order valence-electron chi connectivity index (χ4n) is 3.14. The molecule has 0 saturated carbocycles. The molecule has 0 amide bonds. The van der Waals surface area contributed by atoms with Gasteiger partial charge >= 0.3 is 0 Å². The van der Waals surface area contributed by atoms with Crippen LogP contribution in [0.4, 0.5) is 0 Å². The van der Waals surface area contributed by atoms with Gasteiger partial charge in [-0.05, 0) is 37.0 Å². The summed E-state index contributed by atoms with van der Waals surface area (Å²) >= 11 is 0. The van der Waals surface area contributed by atoms with Crippen molar-refractivity contribution >= 4 is 6.08 Å². The molecule has 0 bridgehead atoms. The van der Waals surface area contributed by atoms with Gasteiger partial charge in [0.25, 0.3) is 0 Å². The van der Waals surface area contributed by atoms with Crippen LogP contribution in [0.2, 0.25) is 0 Å². The maximum absolute atomic E-state index is 4.85. The first-order valence-electron chi connectivity index (χ1n) is 8.01. The van der Waals surface area contributed by atoms with Crippen LogP contribution in [0.15, 0.2) is 60.7 Å². The Balaban J connectivity index is 1.88. The van der Waals surface area contributed by atoms with E-state index in [1.807, 2.05) is 25.1 Å². The van der Waals surface area contributed by atoms with Crippen molar-refractivity contribution in [1.29, 1.82) is 0 Å². The van der Waals surface area contributed by atoms with Crippen LogP contribution in [0.5, 0.6) is 0 Å². The standard InChI is InChI=1S/C21H18N2/c1-15-14-20(23-21(22-15)17-9-3-2-4-10-17)19-13-7-11-16-8-5-6-12-18(16)19/h2-5,7-11,13-14H,6,12H2,1H3. The van der Waals surface area contributed by atoms with Crippen molar-refractivity contribution in [2.24, 2.45) is 0 Å². The van der Waals surface area contributed by atoms with Crippen LogP contribution in [0.3, 0.4) is 0 Å². The molecule has 0 saturated heterocycles. The minimum Gasteiger partial charge on any atom is -0.233 e. The summed E-state index contributed by atoms with van der Waals surface area (Å²) in [5, 5.41) is 0. The molecule has 1 aliphatic carbocycles. The van der Waals surface area contributed by atoms with Gasteiger partial charge in [0.1, 0.15) is 0 Å². The van der Waals surface area contributed by atoms with Crippen LogP contribution in [-0.2, 0) is 6.42 Å². The minimum atomic E-state index is 0.796. The van der Waals surface area contributed by atoms with E-state index in [1.54, 1.807) is 0 Å². The molecule has 4 rings (SSSR count).